The fraction of sp³-hybridized carbons (Fsp3) is 0.0870. The minimum absolute atomic E-state index is 0.0430. The number of hydrogen-bond acceptors (Lipinski definition) is 1. The van der Waals surface area contributed by atoms with Gasteiger partial charge in [-0.3, -0.25) is 0 Å². The predicted molar refractivity (Wildman–Crippen MR) is 119 cm³/mol. The van der Waals surface area contributed by atoms with Crippen LogP contribution in [0.25, 0.3) is 5.69 Å². The van der Waals surface area contributed by atoms with E-state index in [4.69, 9.17) is 0 Å². The van der Waals surface area contributed by atoms with Gasteiger partial charge in [0.15, 0.2) is 0 Å². The zero-order valence-electron chi connectivity index (χ0n) is 16.0. The minimum Gasteiger partial charge on any atom is -0.306 e. The summed E-state index contributed by atoms with van der Waals surface area (Å²) in [5, 5.41) is 0. The minimum atomic E-state index is -0.252. The molecule has 4 rings (SSSR count). The van der Waals surface area contributed by atoms with Gasteiger partial charge < -0.3 is 4.57 Å². The highest BCUT2D eigenvalue weighted by Gasteiger charge is 2.12. The molecule has 0 bridgehead atoms. The second-order valence-corrected chi connectivity index (χ2v) is 7.43. The second-order valence-electron chi connectivity index (χ2n) is 6.52. The molecule has 0 N–H and O–H groups in total. The summed E-state index contributed by atoms with van der Waals surface area (Å²) in [5.74, 6) is -0.462. The lowest BCUT2D eigenvalue weighted by molar-refractivity contribution is 0.621. The fourth-order valence-electron chi connectivity index (χ4n) is 3.14. The topological polar surface area (TPSA) is 17.8 Å². The average Bonchev–Trinajstić information content (AvgIpc) is 3.25. The third-order valence-corrected chi connectivity index (χ3v) is 5.07. The Morgan fingerprint density at radius 2 is 1.48 bits per heavy atom. The van der Waals surface area contributed by atoms with E-state index in [0.29, 0.717) is 0 Å². The van der Waals surface area contributed by atoms with E-state index in [2.05, 4.69) is 20.9 Å². The van der Waals surface area contributed by atoms with Crippen LogP contribution in [0.2, 0.25) is 6.32 Å². The number of benzene rings is 3. The van der Waals surface area contributed by atoms with E-state index in [1.165, 1.54) is 24.3 Å². The number of imidazole rings is 1. The van der Waals surface area contributed by atoms with Crippen molar-refractivity contribution in [1.82, 2.24) is 9.55 Å². The van der Waals surface area contributed by atoms with Crippen LogP contribution in [-0.4, -0.2) is 17.4 Å². The lowest BCUT2D eigenvalue weighted by Gasteiger charge is -2.16. The molecule has 0 aliphatic heterocycles. The Morgan fingerprint density at radius 1 is 0.897 bits per heavy atom. The Labute approximate surface area is 178 Å². The molecule has 0 aliphatic rings. The summed E-state index contributed by atoms with van der Waals surface area (Å²) in [6, 6.07) is 21.1. The molecule has 29 heavy (non-hydrogen) atoms. The molecule has 0 aliphatic carbocycles. The molecule has 0 fully saturated rings. The summed E-state index contributed by atoms with van der Waals surface area (Å²) in [6.07, 6.45) is 6.28. The Bertz CT molecular complexity index is 991. The fourth-order valence-corrected chi connectivity index (χ4v) is 3.40. The van der Waals surface area contributed by atoms with Gasteiger partial charge in [0.05, 0.1) is 6.33 Å². The van der Waals surface area contributed by atoms with E-state index < -0.39 is 0 Å². The standard InChI is InChI=1S/C14H13BF2.C9H7BrN2/c15-9-14(10-3-1-5-12(16)7-10)11-4-2-6-13(17)8-11;10-8-1-3-9(4-2-8)12-6-5-11-7-12/h1-8,14H,9,15H2;1-7H. The largest absolute Gasteiger partial charge is 0.306 e. The summed E-state index contributed by atoms with van der Waals surface area (Å²) in [4.78, 5) is 3.97. The third-order valence-electron chi connectivity index (χ3n) is 4.54. The lowest BCUT2D eigenvalue weighted by atomic mass is 9.81. The van der Waals surface area contributed by atoms with Crippen molar-refractivity contribution in [2.75, 3.05) is 0 Å². The molecule has 0 amide bonds. The summed E-state index contributed by atoms with van der Waals surface area (Å²) in [6.45, 7) is 0. The SMILES string of the molecule is BCC(c1cccc(F)c1)c1cccc(F)c1.Brc1ccc(-n2ccnc2)cc1. The van der Waals surface area contributed by atoms with Crippen molar-refractivity contribution < 1.29 is 8.78 Å². The van der Waals surface area contributed by atoms with Crippen LogP contribution in [0.15, 0.2) is 96.0 Å². The summed E-state index contributed by atoms with van der Waals surface area (Å²) >= 11 is 3.38. The first-order chi connectivity index (χ1) is 14.1. The molecule has 6 heteroatoms. The van der Waals surface area contributed by atoms with E-state index in [0.717, 1.165) is 27.6 Å². The Morgan fingerprint density at radius 3 is 1.93 bits per heavy atom. The molecule has 146 valence electrons. The van der Waals surface area contributed by atoms with Crippen molar-refractivity contribution >= 4 is 23.8 Å². The van der Waals surface area contributed by atoms with Crippen LogP contribution < -0.4 is 0 Å². The molecule has 0 unspecified atom stereocenters. The average molecular weight is 453 g/mol. The van der Waals surface area contributed by atoms with Crippen LogP contribution in [0, 0.1) is 11.6 Å². The van der Waals surface area contributed by atoms with Crippen molar-refractivity contribution in [3.8, 4) is 5.69 Å². The van der Waals surface area contributed by atoms with Crippen molar-refractivity contribution in [2.24, 2.45) is 0 Å². The monoisotopic (exact) mass is 452 g/mol. The molecule has 0 atom stereocenters. The van der Waals surface area contributed by atoms with Crippen molar-refractivity contribution in [1.29, 1.82) is 0 Å². The summed E-state index contributed by atoms with van der Waals surface area (Å²) in [5.41, 5.74) is 2.90. The molecule has 0 radical (unpaired) electrons. The van der Waals surface area contributed by atoms with Gasteiger partial charge in [-0.2, -0.15) is 0 Å². The van der Waals surface area contributed by atoms with Crippen LogP contribution in [0.5, 0.6) is 0 Å². The summed E-state index contributed by atoms with van der Waals surface area (Å²) in [7, 11) is 2.01. The smallest absolute Gasteiger partial charge is 0.123 e. The highest BCUT2D eigenvalue weighted by Crippen LogP contribution is 2.28. The van der Waals surface area contributed by atoms with Gasteiger partial charge in [0.25, 0.3) is 0 Å². The zero-order valence-corrected chi connectivity index (χ0v) is 17.6. The summed E-state index contributed by atoms with van der Waals surface area (Å²) < 4.78 is 29.4. The molecule has 3 aromatic carbocycles. The molecule has 0 saturated carbocycles. The number of hydrogen-bond donors (Lipinski definition) is 0. The van der Waals surface area contributed by atoms with Crippen LogP contribution in [0.1, 0.15) is 17.0 Å². The highest BCUT2D eigenvalue weighted by atomic mass is 79.9. The molecular formula is C23H20BBrF2N2. The Hall–Kier alpha value is -2.73. The van der Waals surface area contributed by atoms with Crippen molar-refractivity contribution in [3.05, 3.63) is 119 Å². The lowest BCUT2D eigenvalue weighted by Crippen LogP contribution is -2.01. The number of rotatable bonds is 4. The Kier molecular flexibility index (Phi) is 7.36. The van der Waals surface area contributed by atoms with E-state index in [9.17, 15) is 8.78 Å². The normalized spacial score (nSPS) is 10.5. The van der Waals surface area contributed by atoms with Crippen LogP contribution in [0.3, 0.4) is 0 Å². The molecule has 4 aromatic rings. The molecule has 2 nitrogen and oxygen atoms in total. The zero-order chi connectivity index (χ0) is 20.6. The first kappa shape index (κ1) is 21.0. The van der Waals surface area contributed by atoms with Gasteiger partial charge >= 0.3 is 0 Å². The molecule has 0 spiro atoms. The highest BCUT2D eigenvalue weighted by molar-refractivity contribution is 9.10. The van der Waals surface area contributed by atoms with E-state index in [-0.39, 0.29) is 17.6 Å². The van der Waals surface area contributed by atoms with Crippen LogP contribution >= 0.6 is 15.9 Å². The van der Waals surface area contributed by atoms with Crippen molar-refractivity contribution in [3.63, 3.8) is 0 Å². The van der Waals surface area contributed by atoms with Crippen LogP contribution in [0.4, 0.5) is 8.78 Å². The van der Waals surface area contributed by atoms with Crippen molar-refractivity contribution in [2.45, 2.75) is 12.2 Å². The van der Waals surface area contributed by atoms with Gasteiger partial charge in [-0.15, -0.1) is 0 Å². The number of aromatic nitrogens is 2. The van der Waals surface area contributed by atoms with Crippen LogP contribution in [-0.2, 0) is 0 Å². The molecule has 0 saturated heterocycles. The Balaban J connectivity index is 0.000000176. The second kappa shape index (κ2) is 10.2. The molecule has 1 aromatic heterocycles. The maximum atomic E-state index is 13.2. The van der Waals surface area contributed by atoms with Gasteiger partial charge in [0.1, 0.15) is 19.5 Å². The quantitative estimate of drug-likeness (QED) is 0.358. The number of halogens is 3. The van der Waals surface area contributed by atoms with Gasteiger partial charge in [0, 0.05) is 28.5 Å². The van der Waals surface area contributed by atoms with Gasteiger partial charge in [-0.05, 0) is 59.7 Å². The van der Waals surface area contributed by atoms with Gasteiger partial charge in [-0.1, -0.05) is 46.5 Å². The maximum absolute atomic E-state index is 13.2. The molecular weight excluding hydrogens is 433 g/mol. The predicted octanol–water partition coefficient (Wildman–Crippen LogP) is 5.78. The maximum Gasteiger partial charge on any atom is 0.123 e. The number of nitrogens with zero attached hydrogens (tertiary/aromatic N) is 2. The third kappa shape index (κ3) is 5.88. The van der Waals surface area contributed by atoms with Gasteiger partial charge in [-0.25, -0.2) is 13.8 Å². The van der Waals surface area contributed by atoms with E-state index in [1.807, 2.05) is 55.0 Å². The van der Waals surface area contributed by atoms with E-state index in [1.54, 1.807) is 24.7 Å². The molecule has 1 heterocycles. The van der Waals surface area contributed by atoms with Gasteiger partial charge in [0.2, 0.25) is 0 Å². The first-order valence-electron chi connectivity index (χ1n) is 9.31. The van der Waals surface area contributed by atoms with E-state index >= 15 is 0 Å². The first-order valence-corrected chi connectivity index (χ1v) is 10.1.